The second-order valence-corrected chi connectivity index (χ2v) is 14.9. The van der Waals surface area contributed by atoms with Crippen molar-refractivity contribution >= 4 is 35.4 Å². The van der Waals surface area contributed by atoms with E-state index in [1.165, 1.54) is 13.0 Å². The first-order valence-corrected chi connectivity index (χ1v) is 16.7. The van der Waals surface area contributed by atoms with Gasteiger partial charge in [-0.05, 0) is 81.1 Å². The van der Waals surface area contributed by atoms with E-state index in [1.807, 2.05) is 13.8 Å². The van der Waals surface area contributed by atoms with Crippen LogP contribution < -0.4 is 0 Å². The second kappa shape index (κ2) is 12.8. The summed E-state index contributed by atoms with van der Waals surface area (Å²) in [5, 5.41) is 30.6. The summed E-state index contributed by atoms with van der Waals surface area (Å²) >= 11 is 0. The summed E-state index contributed by atoms with van der Waals surface area (Å²) in [6.07, 6.45) is -2.04. The number of carboxylic acids is 1. The van der Waals surface area contributed by atoms with Crippen molar-refractivity contribution in [1.82, 2.24) is 0 Å². The number of carboxylic acid groups (broad SMARTS) is 1. The molecular formula is C35H46O14. The lowest BCUT2D eigenvalue weighted by Crippen LogP contribution is -2.68. The van der Waals surface area contributed by atoms with Crippen molar-refractivity contribution in [2.45, 2.75) is 111 Å². The Morgan fingerprint density at radius 2 is 1.53 bits per heavy atom. The van der Waals surface area contributed by atoms with Crippen LogP contribution in [0.4, 0.5) is 0 Å². The van der Waals surface area contributed by atoms with E-state index in [4.69, 9.17) is 23.7 Å². The van der Waals surface area contributed by atoms with E-state index >= 15 is 0 Å². The van der Waals surface area contributed by atoms with Gasteiger partial charge in [0.15, 0.2) is 36.0 Å². The van der Waals surface area contributed by atoms with E-state index in [0.29, 0.717) is 25.7 Å². The molecule has 5 aliphatic rings. The van der Waals surface area contributed by atoms with Crippen LogP contribution in [0, 0.1) is 40.4 Å². The minimum atomic E-state index is -2.12. The average molecular weight is 691 g/mol. The molecule has 1 saturated heterocycles. The predicted octanol–water partition coefficient (Wildman–Crippen LogP) is 3.51. The highest BCUT2D eigenvalue weighted by Crippen LogP contribution is 2.67. The molecule has 5 rings (SSSR count). The number of fused-ring (bicyclic) bond motifs is 5. The molecule has 0 aromatic rings. The number of allylic oxidation sites excluding steroid dienone is 3. The van der Waals surface area contributed by atoms with Crippen molar-refractivity contribution in [3.8, 4) is 0 Å². The van der Waals surface area contributed by atoms with Crippen LogP contribution in [0.1, 0.15) is 80.6 Å². The zero-order chi connectivity index (χ0) is 36.4. The van der Waals surface area contributed by atoms with Crippen molar-refractivity contribution in [1.29, 1.82) is 0 Å². The smallest absolute Gasteiger partial charge is 0.337 e. The third-order valence-electron chi connectivity index (χ3n) is 12.0. The number of carbonyl (C=O) groups excluding carboxylic acids is 5. The van der Waals surface area contributed by atoms with Crippen LogP contribution >= 0.6 is 0 Å². The van der Waals surface area contributed by atoms with Crippen LogP contribution in [0.15, 0.2) is 23.2 Å². The number of esters is 3. The van der Waals surface area contributed by atoms with Gasteiger partial charge in [-0.25, -0.2) is 4.79 Å². The fourth-order valence-electron chi connectivity index (χ4n) is 10.0. The van der Waals surface area contributed by atoms with E-state index in [-0.39, 0.29) is 29.5 Å². The highest BCUT2D eigenvalue weighted by Gasteiger charge is 2.65. The molecule has 0 spiro atoms. The van der Waals surface area contributed by atoms with Gasteiger partial charge in [0, 0.05) is 26.7 Å². The SMILES string of the molecule is CC(=O)O[C@H]1[C@H](OC(C)=O)[C@@H](OC(C)=O)[C@](C)(OCC(=O)[C@H]2[C@@H](C)CC3C4CCC5=CC(O)=C(O)C(=O)[C@]5(C)C4CC[C@@]32C)O[C@@H]1C(=O)O. The Morgan fingerprint density at radius 3 is 2.12 bits per heavy atom. The molecule has 14 nitrogen and oxygen atoms in total. The third kappa shape index (κ3) is 6.04. The summed E-state index contributed by atoms with van der Waals surface area (Å²) in [4.78, 5) is 76.2. The van der Waals surface area contributed by atoms with E-state index < -0.39 is 94.7 Å². The van der Waals surface area contributed by atoms with Crippen molar-refractivity contribution < 1.29 is 67.8 Å². The quantitative estimate of drug-likeness (QED) is 0.246. The number of Topliss-reactive ketones (excluding diaryl/α,β-unsaturated/α-hetero) is 2. The van der Waals surface area contributed by atoms with Gasteiger partial charge in [-0.1, -0.05) is 19.4 Å². The van der Waals surface area contributed by atoms with Crippen molar-refractivity contribution in [2.24, 2.45) is 40.4 Å². The van der Waals surface area contributed by atoms with E-state index in [2.05, 4.69) is 6.92 Å². The first kappa shape index (κ1) is 36.5. The van der Waals surface area contributed by atoms with Crippen LogP contribution in [-0.4, -0.2) is 87.6 Å². The molecule has 3 N–H and O–H groups in total. The van der Waals surface area contributed by atoms with Crippen molar-refractivity contribution in [3.05, 3.63) is 23.2 Å². The summed E-state index contributed by atoms with van der Waals surface area (Å²) < 4.78 is 27.9. The maximum absolute atomic E-state index is 14.2. The monoisotopic (exact) mass is 690 g/mol. The van der Waals surface area contributed by atoms with E-state index in [1.54, 1.807) is 0 Å². The minimum absolute atomic E-state index is 0.0764. The van der Waals surface area contributed by atoms with Gasteiger partial charge in [-0.15, -0.1) is 0 Å². The van der Waals surface area contributed by atoms with Gasteiger partial charge in [0.2, 0.25) is 17.3 Å². The molecule has 4 fully saturated rings. The predicted molar refractivity (Wildman–Crippen MR) is 166 cm³/mol. The highest BCUT2D eigenvalue weighted by molar-refractivity contribution is 6.02. The fraction of sp³-hybridized carbons (Fsp3) is 0.714. The molecule has 3 saturated carbocycles. The lowest BCUT2D eigenvalue weighted by molar-refractivity contribution is -0.349. The molecule has 0 amide bonds. The lowest BCUT2D eigenvalue weighted by Gasteiger charge is -2.56. The third-order valence-corrected chi connectivity index (χ3v) is 12.0. The first-order valence-electron chi connectivity index (χ1n) is 16.7. The molecule has 49 heavy (non-hydrogen) atoms. The zero-order valence-corrected chi connectivity index (χ0v) is 28.8. The van der Waals surface area contributed by atoms with Crippen molar-refractivity contribution in [2.75, 3.05) is 6.61 Å². The molecule has 12 atom stereocenters. The number of carbonyl (C=O) groups is 6. The molecule has 0 radical (unpaired) electrons. The Kier molecular flexibility index (Phi) is 9.56. The summed E-state index contributed by atoms with van der Waals surface area (Å²) in [6, 6.07) is 0. The lowest BCUT2D eigenvalue weighted by atomic mass is 9.46. The summed E-state index contributed by atoms with van der Waals surface area (Å²) in [7, 11) is 0. The van der Waals surface area contributed by atoms with Crippen LogP contribution in [0.5, 0.6) is 0 Å². The molecule has 14 heteroatoms. The van der Waals surface area contributed by atoms with Crippen LogP contribution in [0.3, 0.4) is 0 Å². The Morgan fingerprint density at radius 1 is 0.918 bits per heavy atom. The zero-order valence-electron chi connectivity index (χ0n) is 28.8. The Balaban J connectivity index is 1.40. The van der Waals surface area contributed by atoms with Crippen molar-refractivity contribution in [3.63, 3.8) is 0 Å². The van der Waals surface area contributed by atoms with Gasteiger partial charge in [0.25, 0.3) is 0 Å². The van der Waals surface area contributed by atoms with Gasteiger partial charge in [0.05, 0.1) is 5.41 Å². The maximum atomic E-state index is 14.2. The summed E-state index contributed by atoms with van der Waals surface area (Å²) in [5.74, 6) is -8.56. The van der Waals surface area contributed by atoms with E-state index in [9.17, 15) is 44.1 Å². The van der Waals surface area contributed by atoms with Gasteiger partial charge in [-0.3, -0.25) is 24.0 Å². The summed E-state index contributed by atoms with van der Waals surface area (Å²) in [6.45, 7) is 9.79. The highest BCUT2D eigenvalue weighted by atomic mass is 16.8. The molecule has 0 aromatic heterocycles. The molecule has 270 valence electrons. The molecule has 1 aliphatic heterocycles. The topological polar surface area (TPSA) is 209 Å². The molecular weight excluding hydrogens is 644 g/mol. The fourth-order valence-corrected chi connectivity index (χ4v) is 10.0. The minimum Gasteiger partial charge on any atom is -0.504 e. The Labute approximate surface area is 284 Å². The van der Waals surface area contributed by atoms with Gasteiger partial charge in [0.1, 0.15) is 6.61 Å². The number of rotatable bonds is 8. The number of aliphatic carboxylic acids is 1. The normalized spacial score (nSPS) is 41.4. The van der Waals surface area contributed by atoms with E-state index in [0.717, 1.165) is 32.8 Å². The van der Waals surface area contributed by atoms with Gasteiger partial charge < -0.3 is 39.0 Å². The summed E-state index contributed by atoms with van der Waals surface area (Å²) in [5.41, 5.74) is -0.600. The first-order chi connectivity index (χ1) is 22.8. The number of hydrogen-bond donors (Lipinski definition) is 3. The van der Waals surface area contributed by atoms with Gasteiger partial charge >= 0.3 is 23.9 Å². The van der Waals surface area contributed by atoms with Crippen LogP contribution in [0.25, 0.3) is 0 Å². The number of ketones is 2. The average Bonchev–Trinajstić information content (AvgIpc) is 3.28. The number of ether oxygens (including phenoxy) is 5. The van der Waals surface area contributed by atoms with Crippen LogP contribution in [0.2, 0.25) is 0 Å². The number of hydrogen-bond acceptors (Lipinski definition) is 13. The Hall–Kier alpha value is -3.78. The van der Waals surface area contributed by atoms with Gasteiger partial charge in [-0.2, -0.15) is 0 Å². The maximum Gasteiger partial charge on any atom is 0.337 e. The standard InChI is InChI=1S/C35H46O14/c1-15-12-22-20-9-8-19-13-23(39)26(41)30(42)34(19,6)21(20)10-11-33(22,5)25(15)24(40)14-45-35(7)31(48-18(4)38)28(47-17(3)37)27(46-16(2)36)29(49-35)32(43)44/h13,15,20-22,25,27-29,31,39,41H,8-12,14H2,1-7H3,(H,43,44)/t15-,20?,21?,22?,25+,27-,28-,29-,31+,33-,34-,35+/m0/s1. The molecule has 0 bridgehead atoms. The van der Waals surface area contributed by atoms with Crippen LogP contribution in [-0.2, 0) is 52.5 Å². The largest absolute Gasteiger partial charge is 0.504 e. The number of aliphatic hydroxyl groups is 2. The molecule has 1 heterocycles. The molecule has 3 unspecified atom stereocenters. The number of aliphatic hydroxyl groups excluding tert-OH is 2. The molecule has 4 aliphatic carbocycles. The second-order valence-electron chi connectivity index (χ2n) is 14.9. The molecule has 0 aromatic carbocycles. The Bertz CT molecular complexity index is 1510.